The Morgan fingerprint density at radius 1 is 1.38 bits per heavy atom. The van der Waals surface area contributed by atoms with Crippen LogP contribution in [-0.4, -0.2) is 22.8 Å². The summed E-state index contributed by atoms with van der Waals surface area (Å²) in [6.45, 7) is 7.97. The van der Waals surface area contributed by atoms with Gasteiger partial charge in [0.1, 0.15) is 0 Å². The van der Waals surface area contributed by atoms with Gasteiger partial charge in [0, 0.05) is 12.1 Å². The maximum atomic E-state index is 9.72. The van der Waals surface area contributed by atoms with E-state index >= 15 is 0 Å². The second-order valence-corrected chi connectivity index (χ2v) is 5.12. The smallest absolute Gasteiger partial charge is 0.0741 e. The predicted molar refractivity (Wildman–Crippen MR) is 55.7 cm³/mol. The molecule has 0 aromatic carbocycles. The number of rotatable bonds is 5. The topological polar surface area (TPSA) is 32.3 Å². The van der Waals surface area contributed by atoms with Crippen molar-refractivity contribution in [2.45, 2.75) is 64.6 Å². The summed E-state index contributed by atoms with van der Waals surface area (Å²) < 4.78 is 0. The van der Waals surface area contributed by atoms with Gasteiger partial charge in [0.25, 0.3) is 0 Å². The Morgan fingerprint density at radius 3 is 2.31 bits per heavy atom. The highest BCUT2D eigenvalue weighted by Gasteiger charge is 2.27. The maximum Gasteiger partial charge on any atom is 0.0741 e. The van der Waals surface area contributed by atoms with E-state index in [1.54, 1.807) is 0 Å². The minimum absolute atomic E-state index is 0.168. The summed E-state index contributed by atoms with van der Waals surface area (Å²) in [4.78, 5) is 0. The molecular weight excluding hydrogens is 162 g/mol. The lowest BCUT2D eigenvalue weighted by Crippen LogP contribution is -2.48. The van der Waals surface area contributed by atoms with Crippen LogP contribution in [0, 0.1) is 5.92 Å². The Hall–Kier alpha value is -0.0800. The quantitative estimate of drug-likeness (QED) is 0.686. The van der Waals surface area contributed by atoms with Crippen molar-refractivity contribution in [1.82, 2.24) is 5.32 Å². The van der Waals surface area contributed by atoms with Gasteiger partial charge < -0.3 is 10.4 Å². The third kappa shape index (κ3) is 4.10. The molecule has 0 amide bonds. The molecule has 0 heterocycles. The van der Waals surface area contributed by atoms with Crippen molar-refractivity contribution in [3.05, 3.63) is 0 Å². The standard InChI is InChI=1S/C11H23NO/c1-8(7-10-5-6-10)12-9(2)11(3,4)13/h8-10,12-13H,5-7H2,1-4H3. The molecule has 1 aliphatic rings. The lowest BCUT2D eigenvalue weighted by molar-refractivity contribution is 0.0399. The van der Waals surface area contributed by atoms with Crippen LogP contribution in [-0.2, 0) is 0 Å². The van der Waals surface area contributed by atoms with Crippen LogP contribution in [0.3, 0.4) is 0 Å². The molecule has 2 N–H and O–H groups in total. The van der Waals surface area contributed by atoms with Gasteiger partial charge in [-0.25, -0.2) is 0 Å². The fourth-order valence-corrected chi connectivity index (χ4v) is 1.55. The number of hydrogen-bond acceptors (Lipinski definition) is 2. The van der Waals surface area contributed by atoms with E-state index in [1.165, 1.54) is 19.3 Å². The molecule has 1 aliphatic carbocycles. The van der Waals surface area contributed by atoms with Crippen LogP contribution < -0.4 is 5.32 Å². The van der Waals surface area contributed by atoms with Crippen molar-refractivity contribution in [3.63, 3.8) is 0 Å². The monoisotopic (exact) mass is 185 g/mol. The highest BCUT2D eigenvalue weighted by atomic mass is 16.3. The number of hydrogen-bond donors (Lipinski definition) is 2. The molecule has 78 valence electrons. The lowest BCUT2D eigenvalue weighted by Gasteiger charge is -2.29. The summed E-state index contributed by atoms with van der Waals surface area (Å²) in [7, 11) is 0. The first kappa shape index (κ1) is 11.0. The molecule has 2 unspecified atom stereocenters. The Kier molecular flexibility index (Phi) is 3.36. The zero-order chi connectivity index (χ0) is 10.1. The van der Waals surface area contributed by atoms with Gasteiger partial charge in [0.05, 0.1) is 5.60 Å². The third-order valence-electron chi connectivity index (χ3n) is 2.98. The second kappa shape index (κ2) is 3.97. The van der Waals surface area contributed by atoms with E-state index in [1.807, 2.05) is 20.8 Å². The average Bonchev–Trinajstić information content (AvgIpc) is 2.68. The molecule has 2 nitrogen and oxygen atoms in total. The minimum atomic E-state index is -0.613. The van der Waals surface area contributed by atoms with Crippen LogP contribution in [0.5, 0.6) is 0 Å². The Balaban J connectivity index is 2.21. The number of nitrogens with one attached hydrogen (secondary N) is 1. The molecule has 13 heavy (non-hydrogen) atoms. The summed E-state index contributed by atoms with van der Waals surface area (Å²) in [5.41, 5.74) is -0.613. The van der Waals surface area contributed by atoms with Crippen LogP contribution in [0.2, 0.25) is 0 Å². The molecule has 0 aliphatic heterocycles. The van der Waals surface area contributed by atoms with Gasteiger partial charge in [-0.1, -0.05) is 12.8 Å². The molecule has 0 radical (unpaired) electrons. The van der Waals surface area contributed by atoms with Crippen LogP contribution in [0.1, 0.15) is 47.0 Å². The van der Waals surface area contributed by atoms with Gasteiger partial charge in [-0.15, -0.1) is 0 Å². The molecule has 0 bridgehead atoms. The van der Waals surface area contributed by atoms with Gasteiger partial charge in [-0.05, 0) is 40.0 Å². The van der Waals surface area contributed by atoms with Crippen LogP contribution in [0.15, 0.2) is 0 Å². The first-order chi connectivity index (χ1) is 5.89. The van der Waals surface area contributed by atoms with E-state index in [4.69, 9.17) is 0 Å². The summed E-state index contributed by atoms with van der Waals surface area (Å²) in [6.07, 6.45) is 4.08. The normalized spacial score (nSPS) is 22.8. The lowest BCUT2D eigenvalue weighted by atomic mass is 9.99. The molecule has 0 spiro atoms. The SMILES string of the molecule is CC(CC1CC1)NC(C)C(C)(C)O. The van der Waals surface area contributed by atoms with Crippen molar-refractivity contribution >= 4 is 0 Å². The largest absolute Gasteiger partial charge is 0.389 e. The molecule has 0 saturated heterocycles. The summed E-state index contributed by atoms with van der Waals surface area (Å²) in [6, 6.07) is 0.704. The highest BCUT2D eigenvalue weighted by Crippen LogP contribution is 2.33. The van der Waals surface area contributed by atoms with Crippen molar-refractivity contribution in [1.29, 1.82) is 0 Å². The average molecular weight is 185 g/mol. The van der Waals surface area contributed by atoms with Crippen molar-refractivity contribution in [2.24, 2.45) is 5.92 Å². The fourth-order valence-electron chi connectivity index (χ4n) is 1.55. The molecule has 1 rings (SSSR count). The van der Waals surface area contributed by atoms with Gasteiger partial charge in [-0.2, -0.15) is 0 Å². The van der Waals surface area contributed by atoms with E-state index in [0.29, 0.717) is 6.04 Å². The van der Waals surface area contributed by atoms with E-state index < -0.39 is 5.60 Å². The summed E-state index contributed by atoms with van der Waals surface area (Å²) in [5.74, 6) is 0.955. The van der Waals surface area contributed by atoms with Gasteiger partial charge in [0.15, 0.2) is 0 Å². The van der Waals surface area contributed by atoms with Gasteiger partial charge >= 0.3 is 0 Å². The Bertz CT molecular complexity index is 158. The third-order valence-corrected chi connectivity index (χ3v) is 2.98. The molecule has 0 aromatic rings. The molecule has 1 fully saturated rings. The molecule has 0 aromatic heterocycles. The Labute approximate surface area is 81.7 Å². The van der Waals surface area contributed by atoms with Crippen LogP contribution in [0.4, 0.5) is 0 Å². The number of aliphatic hydroxyl groups is 1. The first-order valence-electron chi connectivity index (χ1n) is 5.38. The van der Waals surface area contributed by atoms with Crippen LogP contribution in [0.25, 0.3) is 0 Å². The molecular formula is C11H23NO. The van der Waals surface area contributed by atoms with Crippen LogP contribution >= 0.6 is 0 Å². The molecule has 1 saturated carbocycles. The van der Waals surface area contributed by atoms with E-state index in [0.717, 1.165) is 5.92 Å². The van der Waals surface area contributed by atoms with E-state index in [-0.39, 0.29) is 6.04 Å². The van der Waals surface area contributed by atoms with E-state index in [2.05, 4.69) is 12.2 Å². The highest BCUT2D eigenvalue weighted by molar-refractivity contribution is 4.84. The zero-order valence-corrected chi connectivity index (χ0v) is 9.30. The zero-order valence-electron chi connectivity index (χ0n) is 9.30. The summed E-state index contributed by atoms with van der Waals surface area (Å²) in [5, 5.41) is 13.2. The Morgan fingerprint density at radius 2 is 1.92 bits per heavy atom. The second-order valence-electron chi connectivity index (χ2n) is 5.12. The van der Waals surface area contributed by atoms with Gasteiger partial charge in [-0.3, -0.25) is 0 Å². The first-order valence-corrected chi connectivity index (χ1v) is 5.38. The van der Waals surface area contributed by atoms with Crippen molar-refractivity contribution in [3.8, 4) is 0 Å². The molecule has 2 heteroatoms. The van der Waals surface area contributed by atoms with Crippen molar-refractivity contribution < 1.29 is 5.11 Å². The van der Waals surface area contributed by atoms with Gasteiger partial charge in [0.2, 0.25) is 0 Å². The maximum absolute atomic E-state index is 9.72. The molecule has 2 atom stereocenters. The van der Waals surface area contributed by atoms with E-state index in [9.17, 15) is 5.11 Å². The minimum Gasteiger partial charge on any atom is -0.389 e. The predicted octanol–water partition coefficient (Wildman–Crippen LogP) is 1.92. The summed E-state index contributed by atoms with van der Waals surface area (Å²) >= 11 is 0. The van der Waals surface area contributed by atoms with Crippen molar-refractivity contribution in [2.75, 3.05) is 0 Å². The fraction of sp³-hybridized carbons (Fsp3) is 1.00.